The number of amides is 1. The Hall–Kier alpha value is -4.01. The molecule has 4 heterocycles. The lowest BCUT2D eigenvalue weighted by Gasteiger charge is -2.35. The van der Waals surface area contributed by atoms with Crippen molar-refractivity contribution in [1.82, 2.24) is 24.4 Å². The summed E-state index contributed by atoms with van der Waals surface area (Å²) in [5.74, 6) is 0.865. The third-order valence-corrected chi connectivity index (χ3v) is 6.00. The Morgan fingerprint density at radius 2 is 1.82 bits per heavy atom. The summed E-state index contributed by atoms with van der Waals surface area (Å²) in [6.07, 6.45) is 1.64. The van der Waals surface area contributed by atoms with Crippen LogP contribution in [0.1, 0.15) is 12.7 Å². The third-order valence-electron chi connectivity index (χ3n) is 6.00. The Labute approximate surface area is 190 Å². The average Bonchev–Trinajstić information content (AvgIpc) is 3.14. The number of pyridine rings is 2. The number of fused-ring (bicyclic) bond motifs is 1. The molecule has 1 aliphatic heterocycles. The first-order valence-electron chi connectivity index (χ1n) is 10.8. The molecule has 0 aliphatic carbocycles. The topological polar surface area (TPSA) is 93.2 Å². The zero-order valence-electron chi connectivity index (χ0n) is 18.5. The van der Waals surface area contributed by atoms with E-state index in [4.69, 9.17) is 10.7 Å². The molecule has 1 aliphatic rings. The van der Waals surface area contributed by atoms with Crippen molar-refractivity contribution in [2.24, 2.45) is 0 Å². The quantitative estimate of drug-likeness (QED) is 0.521. The van der Waals surface area contributed by atoms with Crippen LogP contribution in [0.25, 0.3) is 28.1 Å². The molecule has 0 saturated carbocycles. The molecule has 8 nitrogen and oxygen atoms in total. The normalized spacial score (nSPS) is 14.2. The van der Waals surface area contributed by atoms with Crippen molar-refractivity contribution in [3.63, 3.8) is 0 Å². The Morgan fingerprint density at radius 1 is 1.03 bits per heavy atom. The largest absolute Gasteiger partial charge is 0.384 e. The smallest absolute Gasteiger partial charge is 0.219 e. The number of nitrogen functional groups attached to an aromatic ring is 1. The number of nitrogens with zero attached hydrogens (tertiary/aromatic N) is 6. The number of nitrogens with two attached hydrogens (primary N) is 1. The maximum absolute atomic E-state index is 15.2. The van der Waals surface area contributed by atoms with Crippen molar-refractivity contribution in [3.05, 3.63) is 60.3 Å². The number of rotatable bonds is 3. The molecule has 1 saturated heterocycles. The van der Waals surface area contributed by atoms with Crippen LogP contribution in [0.3, 0.4) is 0 Å². The first-order chi connectivity index (χ1) is 15.9. The van der Waals surface area contributed by atoms with E-state index in [-0.39, 0.29) is 11.7 Å². The molecule has 4 aromatic rings. The highest BCUT2D eigenvalue weighted by Crippen LogP contribution is 2.28. The van der Waals surface area contributed by atoms with Crippen LogP contribution in [0.5, 0.6) is 0 Å². The van der Waals surface area contributed by atoms with Crippen LogP contribution in [0.2, 0.25) is 0 Å². The number of halogens is 1. The van der Waals surface area contributed by atoms with E-state index >= 15 is 4.39 Å². The van der Waals surface area contributed by atoms with Gasteiger partial charge in [0.25, 0.3) is 0 Å². The van der Waals surface area contributed by atoms with Gasteiger partial charge in [-0.2, -0.15) is 0 Å². The van der Waals surface area contributed by atoms with Gasteiger partial charge in [0.15, 0.2) is 5.65 Å². The standard InChI is InChI=1S/C24H24FN7O/c1-15-28-21-5-4-20(17-7-8-27-23(26)13-17)29-24(21)32(15)18-3-6-22(19(25)14-18)31-11-9-30(10-12-31)16(2)33/h3-8,13-14H,9-12H2,1-2H3,(H2,26,27). The Kier molecular flexibility index (Phi) is 5.16. The summed E-state index contributed by atoms with van der Waals surface area (Å²) in [4.78, 5) is 28.8. The fraction of sp³-hybridized carbons (Fsp3) is 0.250. The molecule has 0 bridgehead atoms. The third kappa shape index (κ3) is 3.86. The molecular weight excluding hydrogens is 421 g/mol. The monoisotopic (exact) mass is 445 g/mol. The average molecular weight is 446 g/mol. The molecular formula is C24H24FN7O. The number of aromatic nitrogens is 4. The van der Waals surface area contributed by atoms with E-state index in [2.05, 4.69) is 9.97 Å². The molecule has 0 spiro atoms. The minimum Gasteiger partial charge on any atom is -0.384 e. The second-order valence-electron chi connectivity index (χ2n) is 8.13. The summed E-state index contributed by atoms with van der Waals surface area (Å²) in [5, 5.41) is 0. The van der Waals surface area contributed by atoms with E-state index in [1.54, 1.807) is 30.2 Å². The Bertz CT molecular complexity index is 1360. The molecule has 168 valence electrons. The zero-order valence-corrected chi connectivity index (χ0v) is 18.5. The number of piperazine rings is 1. The second-order valence-corrected chi connectivity index (χ2v) is 8.13. The van der Waals surface area contributed by atoms with Gasteiger partial charge < -0.3 is 15.5 Å². The van der Waals surface area contributed by atoms with Crippen LogP contribution < -0.4 is 10.6 Å². The van der Waals surface area contributed by atoms with E-state index in [0.717, 1.165) is 16.8 Å². The van der Waals surface area contributed by atoms with Gasteiger partial charge >= 0.3 is 0 Å². The number of imidazole rings is 1. The number of aryl methyl sites for hydroxylation is 1. The lowest BCUT2D eigenvalue weighted by atomic mass is 10.1. The molecule has 1 amide bonds. The van der Waals surface area contributed by atoms with Gasteiger partial charge in [-0.3, -0.25) is 9.36 Å². The first kappa shape index (κ1) is 20.9. The Morgan fingerprint density at radius 3 is 2.52 bits per heavy atom. The van der Waals surface area contributed by atoms with Gasteiger partial charge in [-0.1, -0.05) is 0 Å². The van der Waals surface area contributed by atoms with Crippen LogP contribution in [0.15, 0.2) is 48.7 Å². The van der Waals surface area contributed by atoms with Gasteiger partial charge in [0.1, 0.15) is 23.0 Å². The van der Waals surface area contributed by atoms with Crippen molar-refractivity contribution < 1.29 is 9.18 Å². The summed E-state index contributed by atoms with van der Waals surface area (Å²) < 4.78 is 17.1. The number of carbonyl (C=O) groups is 1. The summed E-state index contributed by atoms with van der Waals surface area (Å²) in [6, 6.07) is 12.6. The van der Waals surface area contributed by atoms with Crippen LogP contribution >= 0.6 is 0 Å². The number of hydrogen-bond donors (Lipinski definition) is 1. The maximum atomic E-state index is 15.2. The molecule has 5 rings (SSSR count). The SMILES string of the molecule is CC(=O)N1CCN(c2ccc(-n3c(C)nc4ccc(-c5ccnc(N)c5)nc43)cc2F)CC1. The summed E-state index contributed by atoms with van der Waals surface area (Å²) in [7, 11) is 0. The maximum Gasteiger partial charge on any atom is 0.219 e. The fourth-order valence-electron chi connectivity index (χ4n) is 4.30. The van der Waals surface area contributed by atoms with E-state index in [0.29, 0.717) is 54.8 Å². The molecule has 33 heavy (non-hydrogen) atoms. The van der Waals surface area contributed by atoms with Crippen LogP contribution in [0, 0.1) is 12.7 Å². The van der Waals surface area contributed by atoms with Crippen LogP contribution in [-0.2, 0) is 4.79 Å². The van der Waals surface area contributed by atoms with Crippen molar-refractivity contribution in [1.29, 1.82) is 0 Å². The van der Waals surface area contributed by atoms with Crippen LogP contribution in [-0.4, -0.2) is 56.5 Å². The number of benzene rings is 1. The Balaban J connectivity index is 1.50. The van der Waals surface area contributed by atoms with E-state index in [1.165, 1.54) is 6.07 Å². The van der Waals surface area contributed by atoms with E-state index < -0.39 is 0 Å². The lowest BCUT2D eigenvalue weighted by Crippen LogP contribution is -2.48. The minimum atomic E-state index is -0.317. The number of carbonyl (C=O) groups excluding carboxylic acids is 1. The zero-order chi connectivity index (χ0) is 23.1. The van der Waals surface area contributed by atoms with Gasteiger partial charge in [-0.05, 0) is 43.3 Å². The minimum absolute atomic E-state index is 0.0502. The number of anilines is 2. The lowest BCUT2D eigenvalue weighted by molar-refractivity contribution is -0.129. The summed E-state index contributed by atoms with van der Waals surface area (Å²) in [6.45, 7) is 5.82. The second kappa shape index (κ2) is 8.16. The summed E-state index contributed by atoms with van der Waals surface area (Å²) in [5.41, 5.74) is 9.96. The van der Waals surface area contributed by atoms with Gasteiger partial charge in [0, 0.05) is 50.9 Å². The van der Waals surface area contributed by atoms with Crippen LogP contribution in [0.4, 0.5) is 15.9 Å². The molecule has 0 radical (unpaired) electrons. The van der Waals surface area contributed by atoms with Gasteiger partial charge in [0.2, 0.25) is 5.91 Å². The van der Waals surface area contributed by atoms with Crippen molar-refractivity contribution >= 4 is 28.6 Å². The van der Waals surface area contributed by atoms with Crippen molar-refractivity contribution in [3.8, 4) is 16.9 Å². The highest BCUT2D eigenvalue weighted by molar-refractivity contribution is 5.78. The molecule has 2 N–H and O–H groups in total. The summed E-state index contributed by atoms with van der Waals surface area (Å²) >= 11 is 0. The van der Waals surface area contributed by atoms with Gasteiger partial charge in [-0.15, -0.1) is 0 Å². The van der Waals surface area contributed by atoms with Gasteiger partial charge in [0.05, 0.1) is 17.1 Å². The van der Waals surface area contributed by atoms with Crippen molar-refractivity contribution in [2.75, 3.05) is 36.8 Å². The molecule has 9 heteroatoms. The molecule has 1 fully saturated rings. The number of hydrogen-bond acceptors (Lipinski definition) is 6. The van der Waals surface area contributed by atoms with E-state index in [1.807, 2.05) is 40.7 Å². The molecule has 1 aromatic carbocycles. The first-order valence-corrected chi connectivity index (χ1v) is 10.8. The highest BCUT2D eigenvalue weighted by atomic mass is 19.1. The highest BCUT2D eigenvalue weighted by Gasteiger charge is 2.22. The van der Waals surface area contributed by atoms with Gasteiger partial charge in [-0.25, -0.2) is 19.3 Å². The van der Waals surface area contributed by atoms with Crippen molar-refractivity contribution in [2.45, 2.75) is 13.8 Å². The predicted octanol–water partition coefficient (Wildman–Crippen LogP) is 3.18. The predicted molar refractivity (Wildman–Crippen MR) is 126 cm³/mol. The van der Waals surface area contributed by atoms with E-state index in [9.17, 15) is 4.79 Å². The molecule has 3 aromatic heterocycles. The molecule has 0 unspecified atom stereocenters. The molecule has 0 atom stereocenters. The fourth-order valence-corrected chi connectivity index (χ4v) is 4.30.